The molecule has 24 heavy (non-hydrogen) atoms. The number of benzene rings is 2. The van der Waals surface area contributed by atoms with E-state index in [0.717, 1.165) is 4.47 Å². The van der Waals surface area contributed by atoms with Gasteiger partial charge in [-0.2, -0.15) is 0 Å². The molecule has 2 aromatic rings. The van der Waals surface area contributed by atoms with Crippen LogP contribution in [0.4, 0.5) is 5.69 Å². The first kappa shape index (κ1) is 18.6. The van der Waals surface area contributed by atoms with Gasteiger partial charge < -0.3 is 15.4 Å². The Hall–Kier alpha value is -1.76. The molecule has 0 unspecified atom stereocenters. The molecular weight excluding hydrogens is 419 g/mol. The Morgan fingerprint density at radius 3 is 2.25 bits per heavy atom. The number of amides is 2. The van der Waals surface area contributed by atoms with Crippen molar-refractivity contribution in [2.75, 3.05) is 19.0 Å². The molecule has 2 N–H and O–H groups in total. The molecule has 0 aliphatic carbocycles. The van der Waals surface area contributed by atoms with Crippen molar-refractivity contribution in [3.63, 3.8) is 0 Å². The molecule has 0 heterocycles. The maximum atomic E-state index is 12.1. The zero-order chi connectivity index (χ0) is 17.7. The molecule has 5 nitrogen and oxygen atoms in total. The van der Waals surface area contributed by atoms with E-state index in [9.17, 15) is 9.59 Å². The Morgan fingerprint density at radius 1 is 1.12 bits per heavy atom. The molecule has 0 bridgehead atoms. The first-order valence-electron chi connectivity index (χ1n) is 6.77. The highest BCUT2D eigenvalue weighted by molar-refractivity contribution is 9.10. The van der Waals surface area contributed by atoms with Crippen LogP contribution in [0.25, 0.3) is 0 Å². The minimum Gasteiger partial charge on any atom is -0.494 e. The molecule has 0 saturated carbocycles. The van der Waals surface area contributed by atoms with Crippen LogP contribution in [0.5, 0.6) is 5.75 Å². The Morgan fingerprint density at radius 2 is 1.71 bits per heavy atom. The van der Waals surface area contributed by atoms with Gasteiger partial charge >= 0.3 is 0 Å². The lowest BCUT2D eigenvalue weighted by molar-refractivity contribution is -0.115. The summed E-state index contributed by atoms with van der Waals surface area (Å²) in [5.74, 6) is -0.522. The van der Waals surface area contributed by atoms with Gasteiger partial charge in [0.05, 0.1) is 23.7 Å². The highest BCUT2D eigenvalue weighted by Gasteiger charge is 2.14. The number of halogens is 3. The highest BCUT2D eigenvalue weighted by Crippen LogP contribution is 2.33. The highest BCUT2D eigenvalue weighted by atomic mass is 79.9. The fourth-order valence-corrected chi connectivity index (χ4v) is 2.79. The van der Waals surface area contributed by atoms with Crippen LogP contribution in [0.3, 0.4) is 0 Å². The van der Waals surface area contributed by atoms with Gasteiger partial charge in [-0.05, 0) is 36.4 Å². The molecule has 2 amide bonds. The largest absolute Gasteiger partial charge is 0.494 e. The molecule has 8 heteroatoms. The fourth-order valence-electron chi connectivity index (χ4n) is 1.89. The molecule has 126 valence electrons. The lowest BCUT2D eigenvalue weighted by atomic mass is 10.2. The number of rotatable bonds is 5. The predicted octanol–water partition coefficient (Wildman–Crippen LogP) is 4.13. The predicted molar refractivity (Wildman–Crippen MR) is 98.1 cm³/mol. The van der Waals surface area contributed by atoms with E-state index in [1.54, 1.807) is 24.3 Å². The van der Waals surface area contributed by atoms with Crippen molar-refractivity contribution in [2.24, 2.45) is 0 Å². The topological polar surface area (TPSA) is 67.4 Å². The number of methoxy groups -OCH3 is 1. The monoisotopic (exact) mass is 430 g/mol. The third-order valence-electron chi connectivity index (χ3n) is 3.00. The smallest absolute Gasteiger partial charge is 0.251 e. The zero-order valence-corrected chi connectivity index (χ0v) is 15.6. The maximum Gasteiger partial charge on any atom is 0.251 e. The molecular formula is C16H13BrCl2N2O3. The molecule has 0 fully saturated rings. The molecule has 2 rings (SSSR count). The number of hydrogen-bond acceptors (Lipinski definition) is 3. The molecule has 0 saturated heterocycles. The van der Waals surface area contributed by atoms with Crippen molar-refractivity contribution in [3.8, 4) is 5.75 Å². The third-order valence-corrected chi connectivity index (χ3v) is 4.09. The number of hydrogen-bond donors (Lipinski definition) is 2. The van der Waals surface area contributed by atoms with Crippen LogP contribution in [-0.4, -0.2) is 25.5 Å². The lowest BCUT2D eigenvalue weighted by Crippen LogP contribution is -2.32. The first-order chi connectivity index (χ1) is 11.4. The number of carbonyl (C=O) groups is 2. The van der Waals surface area contributed by atoms with Gasteiger partial charge in [0.15, 0.2) is 5.75 Å². The Bertz CT molecular complexity index is 743. The van der Waals surface area contributed by atoms with Gasteiger partial charge in [0.1, 0.15) is 0 Å². The quantitative estimate of drug-likeness (QED) is 0.747. The van der Waals surface area contributed by atoms with Crippen LogP contribution in [0.2, 0.25) is 10.0 Å². The van der Waals surface area contributed by atoms with Crippen LogP contribution in [0.1, 0.15) is 10.4 Å². The van der Waals surface area contributed by atoms with Crippen molar-refractivity contribution in [3.05, 3.63) is 56.5 Å². The van der Waals surface area contributed by atoms with Gasteiger partial charge in [-0.1, -0.05) is 39.1 Å². The first-order valence-corrected chi connectivity index (χ1v) is 8.32. The van der Waals surface area contributed by atoms with E-state index < -0.39 is 5.91 Å². The molecule has 0 radical (unpaired) electrons. The SMILES string of the molecule is COc1c(Cl)cc(C(=O)NCC(=O)Nc2ccc(Br)cc2)cc1Cl. The maximum absolute atomic E-state index is 12.1. The second kappa shape index (κ2) is 8.37. The van der Waals surface area contributed by atoms with Crippen LogP contribution in [0, 0.1) is 0 Å². The summed E-state index contributed by atoms with van der Waals surface area (Å²) in [6.07, 6.45) is 0. The Kier molecular flexibility index (Phi) is 6.48. The minimum atomic E-state index is -0.465. The van der Waals surface area contributed by atoms with E-state index in [0.29, 0.717) is 11.4 Å². The fraction of sp³-hybridized carbons (Fsp3) is 0.125. The zero-order valence-electron chi connectivity index (χ0n) is 12.5. The number of nitrogens with one attached hydrogen (secondary N) is 2. The number of ether oxygens (including phenoxy) is 1. The molecule has 0 spiro atoms. The van der Waals surface area contributed by atoms with E-state index in [-0.39, 0.29) is 28.1 Å². The van der Waals surface area contributed by atoms with E-state index in [1.165, 1.54) is 19.2 Å². The number of carbonyl (C=O) groups excluding carboxylic acids is 2. The van der Waals surface area contributed by atoms with E-state index in [2.05, 4.69) is 26.6 Å². The van der Waals surface area contributed by atoms with Crippen molar-refractivity contribution in [2.45, 2.75) is 0 Å². The second-order valence-corrected chi connectivity index (χ2v) is 6.44. The Labute approximate surface area is 157 Å². The summed E-state index contributed by atoms with van der Waals surface area (Å²) in [7, 11) is 1.43. The average molecular weight is 432 g/mol. The molecule has 0 aromatic heterocycles. The van der Waals surface area contributed by atoms with Gasteiger partial charge in [-0.3, -0.25) is 9.59 Å². The normalized spacial score (nSPS) is 10.2. The third kappa shape index (κ3) is 4.87. The van der Waals surface area contributed by atoms with Gasteiger partial charge in [-0.15, -0.1) is 0 Å². The second-order valence-electron chi connectivity index (χ2n) is 4.71. The van der Waals surface area contributed by atoms with Gasteiger partial charge in [0, 0.05) is 15.7 Å². The lowest BCUT2D eigenvalue weighted by Gasteiger charge is -2.10. The van der Waals surface area contributed by atoms with Crippen molar-refractivity contribution in [1.82, 2.24) is 5.32 Å². The summed E-state index contributed by atoms with van der Waals surface area (Å²) in [5.41, 5.74) is 0.871. The summed E-state index contributed by atoms with van der Waals surface area (Å²) in [5, 5.41) is 5.61. The summed E-state index contributed by atoms with van der Waals surface area (Å²) in [6, 6.07) is 9.94. The Balaban J connectivity index is 1.95. The van der Waals surface area contributed by atoms with Gasteiger partial charge in [0.25, 0.3) is 5.91 Å². The molecule has 0 aliphatic heterocycles. The van der Waals surface area contributed by atoms with E-state index in [4.69, 9.17) is 27.9 Å². The molecule has 0 aliphatic rings. The van der Waals surface area contributed by atoms with Crippen LogP contribution < -0.4 is 15.4 Å². The average Bonchev–Trinajstić information content (AvgIpc) is 2.54. The number of anilines is 1. The van der Waals surface area contributed by atoms with E-state index in [1.807, 2.05) is 0 Å². The molecule has 0 atom stereocenters. The van der Waals surface area contributed by atoms with Crippen molar-refractivity contribution >= 4 is 56.6 Å². The van der Waals surface area contributed by atoms with Crippen LogP contribution in [0.15, 0.2) is 40.9 Å². The van der Waals surface area contributed by atoms with Crippen molar-refractivity contribution < 1.29 is 14.3 Å². The van der Waals surface area contributed by atoms with E-state index >= 15 is 0 Å². The summed E-state index contributed by atoms with van der Waals surface area (Å²) >= 11 is 15.3. The molecule has 2 aromatic carbocycles. The summed E-state index contributed by atoms with van der Waals surface area (Å²) in [4.78, 5) is 24.0. The van der Waals surface area contributed by atoms with Crippen molar-refractivity contribution in [1.29, 1.82) is 0 Å². The standard InChI is InChI=1S/C16H13BrCl2N2O3/c1-24-15-12(18)6-9(7-13(15)19)16(23)20-8-14(22)21-11-4-2-10(17)3-5-11/h2-7H,8H2,1H3,(H,20,23)(H,21,22). The van der Waals surface area contributed by atoms with Crippen LogP contribution >= 0.6 is 39.1 Å². The minimum absolute atomic E-state index is 0.184. The summed E-state index contributed by atoms with van der Waals surface area (Å²) in [6.45, 7) is -0.184. The summed E-state index contributed by atoms with van der Waals surface area (Å²) < 4.78 is 5.93. The van der Waals surface area contributed by atoms with Crippen LogP contribution in [-0.2, 0) is 4.79 Å². The van der Waals surface area contributed by atoms with Gasteiger partial charge in [-0.25, -0.2) is 0 Å². The van der Waals surface area contributed by atoms with Gasteiger partial charge in [0.2, 0.25) is 5.91 Å².